The quantitative estimate of drug-likeness (QED) is 0.315. The van der Waals surface area contributed by atoms with E-state index >= 15 is 0 Å². The maximum atomic E-state index is 12.8. The Morgan fingerprint density at radius 3 is 2.52 bits per heavy atom. The van der Waals surface area contributed by atoms with E-state index in [1.165, 1.54) is 0 Å². The van der Waals surface area contributed by atoms with Crippen molar-refractivity contribution in [2.24, 2.45) is 10.8 Å². The highest BCUT2D eigenvalue weighted by molar-refractivity contribution is 7.48. The fourth-order valence-electron chi connectivity index (χ4n) is 2.55. The van der Waals surface area contributed by atoms with Gasteiger partial charge in [-0.3, -0.25) is 28.4 Å². The van der Waals surface area contributed by atoms with E-state index in [1.807, 2.05) is 0 Å². The highest BCUT2D eigenvalue weighted by Gasteiger charge is 2.49. The maximum absolute atomic E-state index is 12.8. The highest BCUT2D eigenvalue weighted by Crippen LogP contribution is 2.57. The number of esters is 2. The normalized spacial score (nSPS) is 22.3. The Morgan fingerprint density at radius 1 is 1.21 bits per heavy atom. The Labute approximate surface area is 193 Å². The van der Waals surface area contributed by atoms with Crippen molar-refractivity contribution < 1.29 is 42.0 Å². The molecular formula is C21H31N2O9P. The zero-order valence-electron chi connectivity index (χ0n) is 19.5. The maximum Gasteiger partial charge on any atom is 0.478 e. The first kappa shape index (κ1) is 26.9. The highest BCUT2D eigenvalue weighted by atomic mass is 31.2. The van der Waals surface area contributed by atoms with Gasteiger partial charge in [0.15, 0.2) is 6.10 Å². The molecule has 0 aliphatic carbocycles. The van der Waals surface area contributed by atoms with Gasteiger partial charge in [-0.25, -0.2) is 9.09 Å². The zero-order valence-corrected chi connectivity index (χ0v) is 20.4. The number of ether oxygens (including phenoxy) is 2. The molecule has 2 heterocycles. The fourth-order valence-corrected chi connectivity index (χ4v) is 4.06. The van der Waals surface area contributed by atoms with Crippen molar-refractivity contribution in [3.8, 4) is 0 Å². The van der Waals surface area contributed by atoms with Crippen LogP contribution >= 0.6 is 7.82 Å². The second-order valence-electron chi connectivity index (χ2n) is 9.18. The molecular weight excluding hydrogens is 455 g/mol. The number of hydrogen-bond acceptors (Lipinski definition) is 10. The number of rotatable bonds is 9. The Bertz CT molecular complexity index is 883. The number of hydrogen-bond donors (Lipinski definition) is 1. The topological polar surface area (TPSA) is 139 Å². The smallest absolute Gasteiger partial charge is 0.461 e. The first-order chi connectivity index (χ1) is 15.3. The summed E-state index contributed by atoms with van der Waals surface area (Å²) in [4.78, 5) is 40.3. The van der Waals surface area contributed by atoms with Gasteiger partial charge in [0.2, 0.25) is 12.7 Å². The molecule has 1 aliphatic heterocycles. The van der Waals surface area contributed by atoms with E-state index in [0.29, 0.717) is 0 Å². The van der Waals surface area contributed by atoms with Crippen LogP contribution in [0.15, 0.2) is 24.5 Å². The van der Waals surface area contributed by atoms with E-state index in [2.05, 4.69) is 10.3 Å². The molecule has 0 unspecified atom stereocenters. The fraction of sp³-hybridized carbons (Fsp3) is 0.619. The lowest BCUT2D eigenvalue weighted by atomic mass is 9.87. The molecule has 1 fully saturated rings. The van der Waals surface area contributed by atoms with Crippen molar-refractivity contribution in [3.05, 3.63) is 30.1 Å². The average molecular weight is 486 g/mol. The van der Waals surface area contributed by atoms with Gasteiger partial charge < -0.3 is 14.8 Å². The van der Waals surface area contributed by atoms with Gasteiger partial charge in [-0.05, 0) is 38.5 Å². The number of carbonyl (C=O) groups excluding carboxylic acids is 3. The van der Waals surface area contributed by atoms with Crippen molar-refractivity contribution in [1.29, 1.82) is 0 Å². The molecule has 0 radical (unpaired) electrons. The SMILES string of the molecule is CC(C)(C)C(=O)OCO[P@]1(=O)OCC(C)(C)[C@H](C(=O)NCCC(=O)OCc2ccncc2)O1. The number of nitrogens with zero attached hydrogens (tertiary/aromatic N) is 1. The number of phosphoric ester groups is 1. The summed E-state index contributed by atoms with van der Waals surface area (Å²) < 4.78 is 38.4. The van der Waals surface area contributed by atoms with E-state index in [9.17, 15) is 18.9 Å². The van der Waals surface area contributed by atoms with E-state index in [1.54, 1.807) is 59.1 Å². The third-order valence-electron chi connectivity index (χ3n) is 4.57. The van der Waals surface area contributed by atoms with Crippen LogP contribution in [0.5, 0.6) is 0 Å². The van der Waals surface area contributed by atoms with Gasteiger partial charge in [0, 0.05) is 24.4 Å². The Kier molecular flexibility index (Phi) is 9.13. The van der Waals surface area contributed by atoms with Gasteiger partial charge in [0.05, 0.1) is 18.4 Å². The van der Waals surface area contributed by atoms with Crippen molar-refractivity contribution in [3.63, 3.8) is 0 Å². The summed E-state index contributed by atoms with van der Waals surface area (Å²) in [5.74, 6) is -1.63. The largest absolute Gasteiger partial charge is 0.478 e. The van der Waals surface area contributed by atoms with E-state index in [-0.39, 0.29) is 26.2 Å². The second kappa shape index (κ2) is 11.2. The molecule has 33 heavy (non-hydrogen) atoms. The zero-order chi connectivity index (χ0) is 24.7. The van der Waals surface area contributed by atoms with Gasteiger partial charge in [-0.2, -0.15) is 0 Å². The van der Waals surface area contributed by atoms with Crippen LogP contribution in [0, 0.1) is 10.8 Å². The van der Waals surface area contributed by atoms with Crippen LogP contribution in [0.1, 0.15) is 46.6 Å². The molecule has 12 heteroatoms. The Balaban J connectivity index is 1.82. The first-order valence-corrected chi connectivity index (χ1v) is 11.9. The summed E-state index contributed by atoms with van der Waals surface area (Å²) in [7, 11) is -4.14. The van der Waals surface area contributed by atoms with Crippen molar-refractivity contribution in [2.45, 2.75) is 53.8 Å². The van der Waals surface area contributed by atoms with Crippen LogP contribution in [-0.2, 0) is 48.6 Å². The summed E-state index contributed by atoms with van der Waals surface area (Å²) in [5.41, 5.74) is -0.801. The van der Waals surface area contributed by atoms with Crippen LogP contribution in [0.2, 0.25) is 0 Å². The monoisotopic (exact) mass is 486 g/mol. The van der Waals surface area contributed by atoms with Crippen molar-refractivity contribution >= 4 is 25.7 Å². The van der Waals surface area contributed by atoms with Crippen LogP contribution < -0.4 is 5.32 Å². The molecule has 184 valence electrons. The van der Waals surface area contributed by atoms with Gasteiger partial charge in [0.1, 0.15) is 6.61 Å². The van der Waals surface area contributed by atoms with Crippen LogP contribution in [0.3, 0.4) is 0 Å². The minimum atomic E-state index is -4.14. The van der Waals surface area contributed by atoms with Crippen LogP contribution in [-0.4, -0.2) is 48.9 Å². The minimum Gasteiger partial charge on any atom is -0.461 e. The molecule has 0 saturated carbocycles. The molecule has 1 aromatic heterocycles. The Morgan fingerprint density at radius 2 is 1.88 bits per heavy atom. The molecule has 0 spiro atoms. The standard InChI is InChI=1S/C21H31N2O9P/c1-20(2,3)19(26)29-14-31-33(27)30-13-21(4,5)17(32-33)18(25)23-11-8-16(24)28-12-15-6-9-22-10-7-15/h6-7,9-10,17H,8,11-14H2,1-5H3,(H,23,25)/t17-,33-/m0/s1. The third kappa shape index (κ3) is 8.51. The molecule has 1 amide bonds. The molecule has 2 atom stereocenters. The van der Waals surface area contributed by atoms with Gasteiger partial charge in [-0.1, -0.05) is 13.8 Å². The van der Waals surface area contributed by atoms with Gasteiger partial charge >= 0.3 is 19.8 Å². The predicted octanol–water partition coefficient (Wildman–Crippen LogP) is 2.74. The number of nitrogens with one attached hydrogen (secondary N) is 1. The molecule has 0 aromatic carbocycles. The van der Waals surface area contributed by atoms with Crippen LogP contribution in [0.25, 0.3) is 0 Å². The second-order valence-corrected chi connectivity index (χ2v) is 10.8. The van der Waals surface area contributed by atoms with E-state index in [0.717, 1.165) is 5.56 Å². The number of amides is 1. The Hall–Kier alpha value is -2.33. The lowest BCUT2D eigenvalue weighted by Crippen LogP contribution is -2.50. The minimum absolute atomic E-state index is 0.000830. The molecule has 0 bridgehead atoms. The summed E-state index contributed by atoms with van der Waals surface area (Å²) in [6.07, 6.45) is 1.95. The predicted molar refractivity (Wildman–Crippen MR) is 115 cm³/mol. The summed E-state index contributed by atoms with van der Waals surface area (Å²) in [6.45, 7) is 7.72. The molecule has 1 saturated heterocycles. The molecule has 2 rings (SSSR count). The molecule has 1 N–H and O–H groups in total. The first-order valence-electron chi connectivity index (χ1n) is 10.4. The van der Waals surface area contributed by atoms with Crippen molar-refractivity contribution in [2.75, 3.05) is 19.9 Å². The van der Waals surface area contributed by atoms with Crippen LogP contribution in [0.4, 0.5) is 0 Å². The summed E-state index contributed by atoms with van der Waals surface area (Å²) in [6, 6.07) is 3.45. The number of aromatic nitrogens is 1. The molecule has 1 aromatic rings. The lowest BCUT2D eigenvalue weighted by molar-refractivity contribution is -0.163. The summed E-state index contributed by atoms with van der Waals surface area (Å²) >= 11 is 0. The number of phosphoric acid groups is 1. The van der Waals surface area contributed by atoms with Gasteiger partial charge in [0.25, 0.3) is 0 Å². The molecule has 1 aliphatic rings. The third-order valence-corrected chi connectivity index (χ3v) is 5.90. The number of carbonyl (C=O) groups is 3. The van der Waals surface area contributed by atoms with E-state index in [4.69, 9.17) is 23.0 Å². The number of pyridine rings is 1. The van der Waals surface area contributed by atoms with E-state index < -0.39 is 49.4 Å². The average Bonchev–Trinajstić information content (AvgIpc) is 2.74. The van der Waals surface area contributed by atoms with Gasteiger partial charge in [-0.15, -0.1) is 0 Å². The van der Waals surface area contributed by atoms with Crippen molar-refractivity contribution in [1.82, 2.24) is 10.3 Å². The molecule has 11 nitrogen and oxygen atoms in total. The summed E-state index contributed by atoms with van der Waals surface area (Å²) in [5, 5.41) is 2.58. The lowest BCUT2D eigenvalue weighted by Gasteiger charge is -2.39.